The largest absolute Gasteiger partial charge is 0.493 e. The second-order valence-corrected chi connectivity index (χ2v) is 8.39. The number of nitrogens with one attached hydrogen (secondary N) is 2. The van der Waals surface area contributed by atoms with Crippen LogP contribution in [0.4, 0.5) is 0 Å². The molecule has 0 radical (unpaired) electrons. The van der Waals surface area contributed by atoms with Crippen LogP contribution in [0.15, 0.2) is 65.9 Å². The molecule has 1 fully saturated rings. The number of nitrogens with zero attached hydrogens (tertiary/aromatic N) is 3. The molecule has 7 nitrogen and oxygen atoms in total. The van der Waals surface area contributed by atoms with E-state index in [2.05, 4.69) is 74.6 Å². The SMILES string of the molecule is CN=C(NCc1ccc(C)cc1OCC1CCOC1)NCc1nccn1Cc1ccccc1. The lowest BCUT2D eigenvalue weighted by Crippen LogP contribution is -2.37. The fourth-order valence-electron chi connectivity index (χ4n) is 3.86. The Morgan fingerprint density at radius 3 is 2.82 bits per heavy atom. The van der Waals surface area contributed by atoms with Gasteiger partial charge in [-0.2, -0.15) is 0 Å². The van der Waals surface area contributed by atoms with E-state index < -0.39 is 0 Å². The molecule has 0 amide bonds. The molecule has 2 heterocycles. The van der Waals surface area contributed by atoms with Crippen LogP contribution >= 0.6 is 0 Å². The lowest BCUT2D eigenvalue weighted by Gasteiger charge is -2.17. The highest BCUT2D eigenvalue weighted by Crippen LogP contribution is 2.22. The van der Waals surface area contributed by atoms with Crippen LogP contribution in [-0.4, -0.2) is 42.4 Å². The Kier molecular flexibility index (Phi) is 7.98. The van der Waals surface area contributed by atoms with Gasteiger partial charge in [-0.15, -0.1) is 0 Å². The molecule has 1 saturated heterocycles. The summed E-state index contributed by atoms with van der Waals surface area (Å²) in [5.41, 5.74) is 3.53. The normalized spacial score (nSPS) is 16.1. The van der Waals surface area contributed by atoms with Crippen LogP contribution in [0.3, 0.4) is 0 Å². The van der Waals surface area contributed by atoms with Crippen LogP contribution in [0, 0.1) is 12.8 Å². The zero-order chi connectivity index (χ0) is 22.9. The molecule has 0 saturated carbocycles. The van der Waals surface area contributed by atoms with Gasteiger partial charge in [0.2, 0.25) is 0 Å². The fourth-order valence-corrected chi connectivity index (χ4v) is 3.86. The molecule has 2 aromatic carbocycles. The smallest absolute Gasteiger partial charge is 0.191 e. The zero-order valence-electron chi connectivity index (χ0n) is 19.5. The predicted octanol–water partition coefficient (Wildman–Crippen LogP) is 3.52. The summed E-state index contributed by atoms with van der Waals surface area (Å²) in [6, 6.07) is 16.7. The number of aliphatic imine (C=N–C) groups is 1. The molecular formula is C26H33N5O2. The van der Waals surface area contributed by atoms with Gasteiger partial charge in [0, 0.05) is 50.6 Å². The maximum Gasteiger partial charge on any atom is 0.191 e. The number of imidazole rings is 1. The summed E-state index contributed by atoms with van der Waals surface area (Å²) in [6.07, 6.45) is 4.91. The van der Waals surface area contributed by atoms with Crippen LogP contribution in [0.5, 0.6) is 5.75 Å². The molecule has 0 aliphatic carbocycles. The van der Waals surface area contributed by atoms with Crippen molar-refractivity contribution in [3.05, 3.63) is 83.4 Å². The van der Waals surface area contributed by atoms with Crippen LogP contribution in [-0.2, 0) is 24.4 Å². The molecule has 0 spiro atoms. The van der Waals surface area contributed by atoms with Crippen LogP contribution in [0.1, 0.15) is 28.9 Å². The summed E-state index contributed by atoms with van der Waals surface area (Å²) in [4.78, 5) is 8.88. The molecule has 174 valence electrons. The highest BCUT2D eigenvalue weighted by atomic mass is 16.5. The van der Waals surface area contributed by atoms with E-state index in [1.54, 1.807) is 7.05 Å². The van der Waals surface area contributed by atoms with Crippen LogP contribution < -0.4 is 15.4 Å². The summed E-state index contributed by atoms with van der Waals surface area (Å²) < 4.78 is 13.8. The lowest BCUT2D eigenvalue weighted by molar-refractivity contribution is 0.166. The minimum absolute atomic E-state index is 0.473. The van der Waals surface area contributed by atoms with Crippen LogP contribution in [0.25, 0.3) is 0 Å². The number of aryl methyl sites for hydroxylation is 1. The standard InChI is InChI=1S/C26H33N5O2/c1-20-8-9-23(24(14-20)33-19-22-10-13-32-18-22)15-29-26(27-2)30-16-25-28-11-12-31(25)17-21-6-4-3-5-7-21/h3-9,11-12,14,22H,10,13,15-19H2,1-2H3,(H2,27,29,30). The molecule has 1 aromatic heterocycles. The second kappa shape index (κ2) is 11.5. The van der Waals surface area contributed by atoms with Gasteiger partial charge in [-0.25, -0.2) is 4.98 Å². The Bertz CT molecular complexity index is 1040. The third-order valence-corrected chi connectivity index (χ3v) is 5.80. The first-order valence-corrected chi connectivity index (χ1v) is 11.5. The highest BCUT2D eigenvalue weighted by Gasteiger charge is 2.17. The van der Waals surface area contributed by atoms with E-state index in [1.807, 2.05) is 18.5 Å². The molecular weight excluding hydrogens is 414 g/mol. The summed E-state index contributed by atoms with van der Waals surface area (Å²) in [6.45, 7) is 6.39. The van der Waals surface area contributed by atoms with Gasteiger partial charge < -0.3 is 24.7 Å². The van der Waals surface area contributed by atoms with E-state index in [9.17, 15) is 0 Å². The molecule has 2 N–H and O–H groups in total. The van der Waals surface area contributed by atoms with Gasteiger partial charge >= 0.3 is 0 Å². The first-order valence-electron chi connectivity index (χ1n) is 11.5. The van der Waals surface area contributed by atoms with E-state index in [0.29, 0.717) is 25.6 Å². The van der Waals surface area contributed by atoms with Crippen molar-refractivity contribution in [2.45, 2.75) is 33.0 Å². The minimum Gasteiger partial charge on any atom is -0.493 e. The molecule has 33 heavy (non-hydrogen) atoms. The third-order valence-electron chi connectivity index (χ3n) is 5.80. The summed E-state index contributed by atoms with van der Waals surface area (Å²) in [7, 11) is 1.78. The Morgan fingerprint density at radius 2 is 2.03 bits per heavy atom. The monoisotopic (exact) mass is 447 g/mol. The van der Waals surface area contributed by atoms with Crippen molar-refractivity contribution < 1.29 is 9.47 Å². The number of guanidine groups is 1. The maximum atomic E-state index is 6.17. The molecule has 1 atom stereocenters. The van der Waals surface area contributed by atoms with Gasteiger partial charge in [-0.3, -0.25) is 4.99 Å². The molecule has 3 aromatic rings. The van der Waals surface area contributed by atoms with E-state index in [1.165, 1.54) is 11.1 Å². The number of hydrogen-bond donors (Lipinski definition) is 2. The van der Waals surface area contributed by atoms with Crippen molar-refractivity contribution in [3.63, 3.8) is 0 Å². The summed E-state index contributed by atoms with van der Waals surface area (Å²) >= 11 is 0. The fraction of sp³-hybridized carbons (Fsp3) is 0.385. The van der Waals surface area contributed by atoms with Gasteiger partial charge in [-0.05, 0) is 30.5 Å². The van der Waals surface area contributed by atoms with Gasteiger partial charge in [-0.1, -0.05) is 42.5 Å². The zero-order valence-corrected chi connectivity index (χ0v) is 19.5. The van der Waals surface area contributed by atoms with Gasteiger partial charge in [0.25, 0.3) is 0 Å². The third kappa shape index (κ3) is 6.58. The number of rotatable bonds is 9. The van der Waals surface area contributed by atoms with E-state index in [4.69, 9.17) is 9.47 Å². The average molecular weight is 448 g/mol. The first kappa shape index (κ1) is 22.9. The molecule has 0 bridgehead atoms. The molecule has 1 aliphatic rings. The number of ether oxygens (including phenoxy) is 2. The topological polar surface area (TPSA) is 72.7 Å². The van der Waals surface area contributed by atoms with Crippen molar-refractivity contribution in [2.24, 2.45) is 10.9 Å². The van der Waals surface area contributed by atoms with E-state index in [0.717, 1.165) is 49.3 Å². The number of hydrogen-bond acceptors (Lipinski definition) is 4. The molecule has 7 heteroatoms. The predicted molar refractivity (Wildman–Crippen MR) is 130 cm³/mol. The minimum atomic E-state index is 0.473. The van der Waals surface area contributed by atoms with Crippen LogP contribution in [0.2, 0.25) is 0 Å². The number of aromatic nitrogens is 2. The van der Waals surface area contributed by atoms with Crippen molar-refractivity contribution in [1.29, 1.82) is 0 Å². The highest BCUT2D eigenvalue weighted by molar-refractivity contribution is 5.79. The van der Waals surface area contributed by atoms with Gasteiger partial charge in [0.1, 0.15) is 11.6 Å². The Labute approximate surface area is 195 Å². The second-order valence-electron chi connectivity index (χ2n) is 8.39. The molecule has 1 unspecified atom stereocenters. The van der Waals surface area contributed by atoms with Gasteiger partial charge in [0.15, 0.2) is 5.96 Å². The van der Waals surface area contributed by atoms with Crippen molar-refractivity contribution >= 4 is 5.96 Å². The van der Waals surface area contributed by atoms with Crippen molar-refractivity contribution in [1.82, 2.24) is 20.2 Å². The first-order chi connectivity index (χ1) is 16.2. The lowest BCUT2D eigenvalue weighted by atomic mass is 10.1. The summed E-state index contributed by atoms with van der Waals surface area (Å²) in [5.74, 6) is 3.07. The molecule has 1 aliphatic heterocycles. The molecule has 4 rings (SSSR count). The quantitative estimate of drug-likeness (QED) is 0.388. The maximum absolute atomic E-state index is 6.17. The van der Waals surface area contributed by atoms with E-state index >= 15 is 0 Å². The Balaban J connectivity index is 1.32. The average Bonchev–Trinajstić information content (AvgIpc) is 3.52. The van der Waals surface area contributed by atoms with Crippen molar-refractivity contribution in [2.75, 3.05) is 26.9 Å². The Morgan fingerprint density at radius 1 is 1.18 bits per heavy atom. The summed E-state index contributed by atoms with van der Waals surface area (Å²) in [5, 5.41) is 6.78. The van der Waals surface area contributed by atoms with E-state index in [-0.39, 0.29) is 0 Å². The van der Waals surface area contributed by atoms with Crippen molar-refractivity contribution in [3.8, 4) is 5.75 Å². The van der Waals surface area contributed by atoms with Gasteiger partial charge in [0.05, 0.1) is 19.8 Å². The Hall–Kier alpha value is -3.32. The number of benzene rings is 2.